The monoisotopic (exact) mass is 202 g/mol. The Morgan fingerprint density at radius 2 is 2.21 bits per heavy atom. The molecule has 0 saturated heterocycles. The number of carbonyl (C=O) groups excluding carboxylic acids is 1. The highest BCUT2D eigenvalue weighted by Crippen LogP contribution is 1.86. The Hall–Kier alpha value is -1.56. The summed E-state index contributed by atoms with van der Waals surface area (Å²) in [6.07, 6.45) is -0.0381. The first-order chi connectivity index (χ1) is 6.49. The van der Waals surface area contributed by atoms with Gasteiger partial charge in [-0.2, -0.15) is 0 Å². The van der Waals surface area contributed by atoms with Crippen molar-refractivity contribution in [3.8, 4) is 0 Å². The molecule has 14 heavy (non-hydrogen) atoms. The van der Waals surface area contributed by atoms with Gasteiger partial charge in [0.15, 0.2) is 6.10 Å². The van der Waals surface area contributed by atoms with Crippen molar-refractivity contribution in [1.29, 1.82) is 0 Å². The Balaban J connectivity index is 3.84. The van der Waals surface area contributed by atoms with Crippen LogP contribution >= 0.6 is 0 Å². The normalized spacial score (nSPS) is 11.6. The maximum Gasteiger partial charge on any atom is 0.334 e. The van der Waals surface area contributed by atoms with Crippen LogP contribution in [0.25, 0.3) is 0 Å². The van der Waals surface area contributed by atoms with Crippen molar-refractivity contribution in [2.75, 3.05) is 20.1 Å². The molecule has 1 unspecified atom stereocenters. The summed E-state index contributed by atoms with van der Waals surface area (Å²) >= 11 is 0. The van der Waals surface area contributed by atoms with Crippen molar-refractivity contribution in [2.45, 2.75) is 6.10 Å². The van der Waals surface area contributed by atoms with E-state index in [1.807, 2.05) is 0 Å². The molecule has 0 fully saturated rings. The van der Waals surface area contributed by atoms with Crippen LogP contribution in [0.1, 0.15) is 0 Å². The summed E-state index contributed by atoms with van der Waals surface area (Å²) in [7, 11) is 1.53. The number of carboxylic acid groups (broad SMARTS) is 1. The lowest BCUT2D eigenvalue weighted by Crippen LogP contribution is -2.42. The van der Waals surface area contributed by atoms with Gasteiger partial charge in [0.1, 0.15) is 0 Å². The number of carbonyl (C=O) groups is 2. The number of amides is 2. The average Bonchev–Trinajstić information content (AvgIpc) is 2.13. The molecule has 0 aliphatic rings. The number of urea groups is 1. The topological polar surface area (TPSA) is 89.9 Å². The van der Waals surface area contributed by atoms with Crippen LogP contribution < -0.4 is 5.32 Å². The molecule has 0 spiro atoms. The van der Waals surface area contributed by atoms with E-state index in [9.17, 15) is 9.59 Å². The highest BCUT2D eigenvalue weighted by molar-refractivity contribution is 5.76. The molecule has 6 heteroatoms. The Morgan fingerprint density at radius 1 is 1.64 bits per heavy atom. The first kappa shape index (κ1) is 12.4. The number of nitrogens with one attached hydrogen (secondary N) is 1. The number of rotatable bonds is 5. The third-order valence-corrected chi connectivity index (χ3v) is 1.48. The standard InChI is InChI=1S/C8H14N2O4/c1-3-4-10(2)8(14)9-5-6(11)7(12)13/h3,6,11H,1,4-5H2,2H3,(H,9,14)(H,12,13). The minimum absolute atomic E-state index is 0.310. The van der Waals surface area contributed by atoms with Crippen molar-refractivity contribution in [3.63, 3.8) is 0 Å². The Bertz CT molecular complexity index is 229. The van der Waals surface area contributed by atoms with Gasteiger partial charge in [-0.3, -0.25) is 0 Å². The van der Waals surface area contributed by atoms with E-state index in [-0.39, 0.29) is 6.54 Å². The smallest absolute Gasteiger partial charge is 0.334 e. The molecule has 0 aromatic carbocycles. The maximum atomic E-state index is 11.1. The van der Waals surface area contributed by atoms with Crippen LogP contribution in [0.15, 0.2) is 12.7 Å². The molecule has 0 bridgehead atoms. The number of hydrogen-bond acceptors (Lipinski definition) is 3. The predicted octanol–water partition coefficient (Wildman–Crippen LogP) is -0.741. The molecule has 0 heterocycles. The number of aliphatic carboxylic acids is 1. The molecule has 0 aliphatic heterocycles. The molecule has 80 valence electrons. The number of aliphatic hydroxyl groups is 1. The van der Waals surface area contributed by atoms with Crippen molar-refractivity contribution in [1.82, 2.24) is 10.2 Å². The van der Waals surface area contributed by atoms with E-state index in [0.717, 1.165) is 0 Å². The van der Waals surface area contributed by atoms with Crippen molar-refractivity contribution in [3.05, 3.63) is 12.7 Å². The van der Waals surface area contributed by atoms with E-state index < -0.39 is 18.1 Å². The summed E-state index contributed by atoms with van der Waals surface area (Å²) in [5.41, 5.74) is 0. The molecular formula is C8H14N2O4. The number of aliphatic hydroxyl groups excluding tert-OH is 1. The van der Waals surface area contributed by atoms with Gasteiger partial charge in [0.2, 0.25) is 0 Å². The first-order valence-corrected chi connectivity index (χ1v) is 3.99. The summed E-state index contributed by atoms with van der Waals surface area (Å²) in [4.78, 5) is 22.6. The van der Waals surface area contributed by atoms with E-state index >= 15 is 0 Å². The summed E-state index contributed by atoms with van der Waals surface area (Å²) < 4.78 is 0. The van der Waals surface area contributed by atoms with Crippen LogP contribution in [0.2, 0.25) is 0 Å². The van der Waals surface area contributed by atoms with Gasteiger partial charge in [0.25, 0.3) is 0 Å². The lowest BCUT2D eigenvalue weighted by molar-refractivity contribution is -0.146. The predicted molar refractivity (Wildman–Crippen MR) is 49.9 cm³/mol. The molecule has 3 N–H and O–H groups in total. The highest BCUT2D eigenvalue weighted by Gasteiger charge is 2.15. The van der Waals surface area contributed by atoms with Gasteiger partial charge in [0, 0.05) is 13.6 Å². The molecule has 0 aromatic rings. The summed E-state index contributed by atoms with van der Waals surface area (Å²) in [6, 6.07) is -0.454. The summed E-state index contributed by atoms with van der Waals surface area (Å²) in [6.45, 7) is 3.49. The highest BCUT2D eigenvalue weighted by atomic mass is 16.4. The van der Waals surface area contributed by atoms with Crippen LogP contribution in [-0.4, -0.2) is 53.4 Å². The number of carboxylic acids is 1. The van der Waals surface area contributed by atoms with Crippen LogP contribution in [-0.2, 0) is 4.79 Å². The second kappa shape index (κ2) is 5.98. The third kappa shape index (κ3) is 4.46. The van der Waals surface area contributed by atoms with Crippen molar-refractivity contribution in [2.24, 2.45) is 0 Å². The van der Waals surface area contributed by atoms with Crippen LogP contribution in [0, 0.1) is 0 Å². The van der Waals surface area contributed by atoms with Gasteiger partial charge in [-0.25, -0.2) is 9.59 Å². The van der Waals surface area contributed by atoms with Crippen LogP contribution in [0.5, 0.6) is 0 Å². The number of hydrogen-bond donors (Lipinski definition) is 3. The largest absolute Gasteiger partial charge is 0.479 e. The molecule has 6 nitrogen and oxygen atoms in total. The Morgan fingerprint density at radius 3 is 2.64 bits per heavy atom. The Labute approximate surface area is 81.8 Å². The van der Waals surface area contributed by atoms with Crippen LogP contribution in [0.4, 0.5) is 4.79 Å². The Kier molecular flexibility index (Phi) is 5.31. The van der Waals surface area contributed by atoms with Gasteiger partial charge >= 0.3 is 12.0 Å². The van der Waals surface area contributed by atoms with Gasteiger partial charge in [-0.1, -0.05) is 6.08 Å². The van der Waals surface area contributed by atoms with E-state index in [0.29, 0.717) is 6.54 Å². The summed E-state index contributed by atoms with van der Waals surface area (Å²) in [5, 5.41) is 19.4. The van der Waals surface area contributed by atoms with Crippen LogP contribution in [0.3, 0.4) is 0 Å². The number of likely N-dealkylation sites (N-methyl/N-ethyl adjacent to an activating group) is 1. The molecule has 0 aromatic heterocycles. The fourth-order valence-electron chi connectivity index (χ4n) is 0.683. The number of nitrogens with zero attached hydrogens (tertiary/aromatic N) is 1. The second-order valence-corrected chi connectivity index (χ2v) is 2.71. The second-order valence-electron chi connectivity index (χ2n) is 2.71. The van der Waals surface area contributed by atoms with Gasteiger partial charge in [-0.05, 0) is 0 Å². The van der Waals surface area contributed by atoms with E-state index in [2.05, 4.69) is 11.9 Å². The minimum Gasteiger partial charge on any atom is -0.479 e. The van der Waals surface area contributed by atoms with Crippen molar-refractivity contribution < 1.29 is 19.8 Å². The van der Waals surface area contributed by atoms with Gasteiger partial charge in [-0.15, -0.1) is 6.58 Å². The zero-order valence-electron chi connectivity index (χ0n) is 7.93. The molecule has 0 radical (unpaired) electrons. The fourth-order valence-corrected chi connectivity index (χ4v) is 0.683. The zero-order chi connectivity index (χ0) is 11.1. The van der Waals surface area contributed by atoms with Gasteiger partial charge in [0.05, 0.1) is 6.54 Å². The zero-order valence-corrected chi connectivity index (χ0v) is 7.93. The molecule has 2 amide bonds. The molecule has 0 saturated carbocycles. The average molecular weight is 202 g/mol. The molecule has 0 rings (SSSR count). The lowest BCUT2D eigenvalue weighted by atomic mass is 10.3. The molecule has 1 atom stereocenters. The summed E-state index contributed by atoms with van der Waals surface area (Å²) in [5.74, 6) is -1.36. The lowest BCUT2D eigenvalue weighted by Gasteiger charge is -2.16. The van der Waals surface area contributed by atoms with Crippen molar-refractivity contribution >= 4 is 12.0 Å². The quantitative estimate of drug-likeness (QED) is 0.512. The SMILES string of the molecule is C=CCN(C)C(=O)NCC(O)C(=O)O. The maximum absolute atomic E-state index is 11.1. The first-order valence-electron chi connectivity index (χ1n) is 3.99. The van der Waals surface area contributed by atoms with Gasteiger partial charge < -0.3 is 20.4 Å². The minimum atomic E-state index is -1.57. The fraction of sp³-hybridized carbons (Fsp3) is 0.500. The van der Waals surface area contributed by atoms with E-state index in [1.165, 1.54) is 18.0 Å². The molecule has 0 aliphatic carbocycles. The molecular weight excluding hydrogens is 188 g/mol. The van der Waals surface area contributed by atoms with E-state index in [1.54, 1.807) is 0 Å². The third-order valence-electron chi connectivity index (χ3n) is 1.48. The van der Waals surface area contributed by atoms with E-state index in [4.69, 9.17) is 10.2 Å².